The van der Waals surface area contributed by atoms with Gasteiger partial charge in [0.2, 0.25) is 11.7 Å². The molecule has 0 amide bonds. The van der Waals surface area contributed by atoms with Crippen LogP contribution < -0.4 is 0 Å². The number of hydrogen-bond donors (Lipinski definition) is 0. The van der Waals surface area contributed by atoms with Crippen LogP contribution in [0.3, 0.4) is 0 Å². The van der Waals surface area contributed by atoms with Crippen LogP contribution in [-0.2, 0) is 14.3 Å². The molecule has 120 valence electrons. The lowest BCUT2D eigenvalue weighted by Crippen LogP contribution is -2.16. The molecule has 1 aromatic rings. The van der Waals surface area contributed by atoms with Crippen LogP contribution in [0.4, 0.5) is 0 Å². The van der Waals surface area contributed by atoms with Gasteiger partial charge in [-0.05, 0) is 26.7 Å². The van der Waals surface area contributed by atoms with E-state index in [9.17, 15) is 4.79 Å². The highest BCUT2D eigenvalue weighted by Crippen LogP contribution is 2.25. The maximum Gasteiger partial charge on any atom is 0.318 e. The fraction of sp³-hybridized carbons (Fsp3) is 0.800. The van der Waals surface area contributed by atoms with E-state index in [1.54, 1.807) is 6.92 Å². The van der Waals surface area contributed by atoms with Crippen LogP contribution in [0.2, 0.25) is 0 Å². The third-order valence-corrected chi connectivity index (χ3v) is 3.11. The van der Waals surface area contributed by atoms with E-state index in [0.29, 0.717) is 31.3 Å². The molecule has 2 unspecified atom stereocenters. The van der Waals surface area contributed by atoms with Crippen LogP contribution in [0.1, 0.15) is 77.1 Å². The van der Waals surface area contributed by atoms with Gasteiger partial charge in [-0.25, -0.2) is 0 Å². The number of esters is 1. The van der Waals surface area contributed by atoms with E-state index in [-0.39, 0.29) is 12.1 Å². The number of aromatic nitrogens is 2. The molecule has 0 aliphatic rings. The number of nitrogens with zero attached hydrogens (tertiary/aromatic N) is 2. The second-order valence-electron chi connectivity index (χ2n) is 4.82. The molecule has 0 spiro atoms. The smallest absolute Gasteiger partial charge is 0.318 e. The lowest BCUT2D eigenvalue weighted by molar-refractivity contribution is -0.145. The Labute approximate surface area is 126 Å². The van der Waals surface area contributed by atoms with Crippen molar-refractivity contribution in [1.82, 2.24) is 10.1 Å². The summed E-state index contributed by atoms with van der Waals surface area (Å²) in [6.07, 6.45) is 3.08. The van der Waals surface area contributed by atoms with E-state index < -0.39 is 5.92 Å². The fourth-order valence-electron chi connectivity index (χ4n) is 2.14. The summed E-state index contributed by atoms with van der Waals surface area (Å²) in [5.74, 6) is 0.0447. The first-order valence-corrected chi connectivity index (χ1v) is 7.79. The second kappa shape index (κ2) is 9.50. The van der Waals surface area contributed by atoms with E-state index in [1.165, 1.54) is 0 Å². The molecule has 0 radical (unpaired) electrons. The summed E-state index contributed by atoms with van der Waals surface area (Å²) in [4.78, 5) is 16.3. The van der Waals surface area contributed by atoms with Crippen LogP contribution in [0.15, 0.2) is 4.52 Å². The molecule has 0 aromatic carbocycles. The third-order valence-electron chi connectivity index (χ3n) is 3.11. The largest absolute Gasteiger partial charge is 0.465 e. The molecule has 0 saturated heterocycles. The molecule has 1 heterocycles. The van der Waals surface area contributed by atoms with Gasteiger partial charge in [0.1, 0.15) is 12.0 Å². The first-order valence-electron chi connectivity index (χ1n) is 7.79. The van der Waals surface area contributed by atoms with Crippen LogP contribution in [0, 0.1) is 0 Å². The minimum Gasteiger partial charge on any atom is -0.465 e. The first kappa shape index (κ1) is 17.6. The summed E-state index contributed by atoms with van der Waals surface area (Å²) < 4.78 is 16.0. The van der Waals surface area contributed by atoms with Gasteiger partial charge in [0.15, 0.2) is 0 Å². The van der Waals surface area contributed by atoms with Crippen molar-refractivity contribution in [2.45, 2.75) is 65.4 Å². The van der Waals surface area contributed by atoms with Crippen LogP contribution in [-0.4, -0.2) is 29.3 Å². The monoisotopic (exact) mass is 298 g/mol. The molecule has 0 aliphatic heterocycles. The number of carbonyl (C=O) groups is 1. The molecule has 0 saturated carbocycles. The maximum absolute atomic E-state index is 12.0. The summed E-state index contributed by atoms with van der Waals surface area (Å²) in [5, 5.41) is 3.98. The zero-order chi connectivity index (χ0) is 15.7. The van der Waals surface area contributed by atoms with Crippen molar-refractivity contribution in [2.75, 3.05) is 13.2 Å². The van der Waals surface area contributed by atoms with Crippen molar-refractivity contribution < 1.29 is 18.8 Å². The van der Waals surface area contributed by atoms with Gasteiger partial charge in [0.25, 0.3) is 0 Å². The Morgan fingerprint density at radius 2 is 1.86 bits per heavy atom. The van der Waals surface area contributed by atoms with Gasteiger partial charge in [-0.1, -0.05) is 31.8 Å². The zero-order valence-electron chi connectivity index (χ0n) is 13.4. The van der Waals surface area contributed by atoms with Crippen molar-refractivity contribution in [3.05, 3.63) is 11.7 Å². The van der Waals surface area contributed by atoms with Crippen LogP contribution in [0.5, 0.6) is 0 Å². The molecule has 2 atom stereocenters. The van der Waals surface area contributed by atoms with Gasteiger partial charge in [-0.3, -0.25) is 4.79 Å². The number of carbonyl (C=O) groups excluding carboxylic acids is 1. The second-order valence-corrected chi connectivity index (χ2v) is 4.82. The minimum absolute atomic E-state index is 0.179. The highest BCUT2D eigenvalue weighted by Gasteiger charge is 2.28. The number of hydrogen-bond acceptors (Lipinski definition) is 6. The lowest BCUT2D eigenvalue weighted by atomic mass is 10.0. The highest BCUT2D eigenvalue weighted by molar-refractivity contribution is 5.76. The molecule has 0 aliphatic carbocycles. The summed E-state index contributed by atoms with van der Waals surface area (Å²) >= 11 is 0. The minimum atomic E-state index is -0.486. The molecule has 6 heteroatoms. The van der Waals surface area contributed by atoms with Crippen molar-refractivity contribution >= 4 is 5.97 Å². The molecular formula is C15H26N2O4. The molecule has 1 aromatic heterocycles. The van der Waals surface area contributed by atoms with E-state index in [4.69, 9.17) is 14.0 Å². The van der Waals surface area contributed by atoms with Gasteiger partial charge in [-0.2, -0.15) is 4.98 Å². The van der Waals surface area contributed by atoms with Gasteiger partial charge < -0.3 is 14.0 Å². The lowest BCUT2D eigenvalue weighted by Gasteiger charge is -2.12. The summed E-state index contributed by atoms with van der Waals surface area (Å²) in [7, 11) is 0. The molecule has 6 nitrogen and oxygen atoms in total. The van der Waals surface area contributed by atoms with Gasteiger partial charge in [-0.15, -0.1) is 0 Å². The molecule has 1 rings (SSSR count). The Kier molecular flexibility index (Phi) is 7.97. The van der Waals surface area contributed by atoms with Crippen LogP contribution in [0.25, 0.3) is 0 Å². The molecular weight excluding hydrogens is 272 g/mol. The van der Waals surface area contributed by atoms with E-state index in [2.05, 4.69) is 17.1 Å². The zero-order valence-corrected chi connectivity index (χ0v) is 13.4. The standard InChI is InChI=1S/C15H26N2O4/c1-5-9-11(15(18)20-8-4)14-16-13(17-21-14)12(10-6-2)19-7-3/h11-12H,5-10H2,1-4H3. The van der Waals surface area contributed by atoms with E-state index in [0.717, 1.165) is 19.3 Å². The van der Waals surface area contributed by atoms with E-state index in [1.807, 2.05) is 13.8 Å². The predicted molar refractivity (Wildman–Crippen MR) is 77.9 cm³/mol. The average molecular weight is 298 g/mol. The van der Waals surface area contributed by atoms with Crippen molar-refractivity contribution in [3.63, 3.8) is 0 Å². The maximum atomic E-state index is 12.0. The van der Waals surface area contributed by atoms with E-state index >= 15 is 0 Å². The predicted octanol–water partition coefficient (Wildman–Crippen LogP) is 3.39. The Bertz CT molecular complexity index is 414. The number of rotatable bonds is 10. The van der Waals surface area contributed by atoms with Crippen molar-refractivity contribution in [1.29, 1.82) is 0 Å². The Hall–Kier alpha value is -1.43. The number of ether oxygens (including phenoxy) is 2. The molecule has 21 heavy (non-hydrogen) atoms. The Morgan fingerprint density at radius 3 is 2.43 bits per heavy atom. The molecule has 0 N–H and O–H groups in total. The van der Waals surface area contributed by atoms with Crippen LogP contribution >= 0.6 is 0 Å². The highest BCUT2D eigenvalue weighted by atomic mass is 16.5. The third kappa shape index (κ3) is 5.12. The van der Waals surface area contributed by atoms with Gasteiger partial charge in [0, 0.05) is 6.61 Å². The van der Waals surface area contributed by atoms with Gasteiger partial charge in [0.05, 0.1) is 6.61 Å². The Balaban J connectivity index is 2.88. The Morgan fingerprint density at radius 1 is 1.14 bits per heavy atom. The quantitative estimate of drug-likeness (QED) is 0.616. The molecule has 0 fully saturated rings. The summed E-state index contributed by atoms with van der Waals surface area (Å²) in [5.41, 5.74) is 0. The average Bonchev–Trinajstić information content (AvgIpc) is 2.94. The first-order chi connectivity index (χ1) is 10.2. The SMILES string of the molecule is CCCC(OCC)c1noc(C(CCC)C(=O)OCC)n1. The molecule has 0 bridgehead atoms. The van der Waals surface area contributed by atoms with Gasteiger partial charge >= 0.3 is 5.97 Å². The summed E-state index contributed by atoms with van der Waals surface area (Å²) in [6.45, 7) is 8.73. The fourth-order valence-corrected chi connectivity index (χ4v) is 2.14. The van der Waals surface area contributed by atoms with Crippen molar-refractivity contribution in [2.24, 2.45) is 0 Å². The summed E-state index contributed by atoms with van der Waals surface area (Å²) in [6, 6.07) is 0. The topological polar surface area (TPSA) is 74.5 Å². The normalized spacial score (nSPS) is 13.9. The van der Waals surface area contributed by atoms with Crippen molar-refractivity contribution in [3.8, 4) is 0 Å².